The third kappa shape index (κ3) is 2.57. The van der Waals surface area contributed by atoms with Gasteiger partial charge < -0.3 is 5.11 Å². The molecule has 1 fully saturated rings. The molecule has 0 radical (unpaired) electrons. The molecule has 16 heavy (non-hydrogen) atoms. The van der Waals surface area contributed by atoms with Gasteiger partial charge in [-0.15, -0.1) is 0 Å². The van der Waals surface area contributed by atoms with E-state index < -0.39 is 11.6 Å². The van der Waals surface area contributed by atoms with Crippen LogP contribution in [0.3, 0.4) is 0 Å². The van der Waals surface area contributed by atoms with Crippen molar-refractivity contribution in [1.82, 2.24) is 4.90 Å². The number of benzene rings is 1. The first-order valence-electron chi connectivity index (χ1n) is 5.46. The molecule has 1 aromatic rings. The second kappa shape index (κ2) is 4.89. The summed E-state index contributed by atoms with van der Waals surface area (Å²) < 4.78 is 25.7. The number of halogens is 2. The normalized spacial score (nSPS) is 21.6. The third-order valence-corrected chi connectivity index (χ3v) is 3.02. The maximum atomic E-state index is 13.0. The van der Waals surface area contributed by atoms with Crippen LogP contribution in [0.5, 0.6) is 0 Å². The van der Waals surface area contributed by atoms with Gasteiger partial charge in [-0.3, -0.25) is 4.90 Å². The number of rotatable bonds is 3. The van der Waals surface area contributed by atoms with Gasteiger partial charge >= 0.3 is 0 Å². The molecule has 4 heteroatoms. The number of likely N-dealkylation sites (tertiary alicyclic amines) is 1. The van der Waals surface area contributed by atoms with Crippen LogP contribution in [-0.2, 0) is 6.54 Å². The highest BCUT2D eigenvalue weighted by Crippen LogP contribution is 2.18. The molecule has 1 unspecified atom stereocenters. The fourth-order valence-corrected chi connectivity index (χ4v) is 2.10. The fourth-order valence-electron chi connectivity index (χ4n) is 2.10. The molecular weight excluding hydrogens is 212 g/mol. The lowest BCUT2D eigenvalue weighted by Gasteiger charge is -2.15. The molecule has 0 bridgehead atoms. The van der Waals surface area contributed by atoms with Crippen molar-refractivity contribution in [1.29, 1.82) is 0 Å². The van der Waals surface area contributed by atoms with Gasteiger partial charge in [-0.05, 0) is 36.6 Å². The van der Waals surface area contributed by atoms with Gasteiger partial charge in [0.1, 0.15) is 0 Å². The van der Waals surface area contributed by atoms with Crippen molar-refractivity contribution >= 4 is 0 Å². The van der Waals surface area contributed by atoms with E-state index >= 15 is 0 Å². The Hall–Kier alpha value is -1.00. The standard InChI is InChI=1S/C12H15F2NO/c13-11-2-1-9(5-12(11)14)6-15-4-3-10(7-15)8-16/h1-2,5,10,16H,3-4,6-8H2. The summed E-state index contributed by atoms with van der Waals surface area (Å²) in [5.41, 5.74) is 0.775. The molecular formula is C12H15F2NO. The second-order valence-electron chi connectivity index (χ2n) is 4.32. The molecule has 0 spiro atoms. The highest BCUT2D eigenvalue weighted by atomic mass is 19.2. The molecule has 1 N–H and O–H groups in total. The van der Waals surface area contributed by atoms with Crippen LogP contribution in [0.2, 0.25) is 0 Å². The van der Waals surface area contributed by atoms with Crippen molar-refractivity contribution in [2.24, 2.45) is 5.92 Å². The van der Waals surface area contributed by atoms with Crippen LogP contribution in [-0.4, -0.2) is 29.7 Å². The summed E-state index contributed by atoms with van der Waals surface area (Å²) in [5.74, 6) is -1.28. The highest BCUT2D eigenvalue weighted by molar-refractivity contribution is 5.17. The molecule has 2 nitrogen and oxygen atoms in total. The SMILES string of the molecule is OCC1CCN(Cc2ccc(F)c(F)c2)C1. The number of hydrogen-bond donors (Lipinski definition) is 1. The summed E-state index contributed by atoms with van der Waals surface area (Å²) in [6.07, 6.45) is 0.972. The number of aliphatic hydroxyl groups excluding tert-OH is 1. The Morgan fingerprint density at radius 3 is 2.75 bits per heavy atom. The minimum Gasteiger partial charge on any atom is -0.396 e. The van der Waals surface area contributed by atoms with Crippen LogP contribution in [0, 0.1) is 17.6 Å². The maximum Gasteiger partial charge on any atom is 0.159 e. The van der Waals surface area contributed by atoms with Crippen molar-refractivity contribution in [3.63, 3.8) is 0 Å². The van der Waals surface area contributed by atoms with Gasteiger partial charge in [0, 0.05) is 19.7 Å². The Balaban J connectivity index is 1.97. The Morgan fingerprint density at radius 1 is 1.31 bits per heavy atom. The summed E-state index contributed by atoms with van der Waals surface area (Å²) in [6.45, 7) is 2.56. The van der Waals surface area contributed by atoms with E-state index in [1.54, 1.807) is 6.07 Å². The van der Waals surface area contributed by atoms with E-state index in [4.69, 9.17) is 5.11 Å². The van der Waals surface area contributed by atoms with Crippen molar-refractivity contribution < 1.29 is 13.9 Å². The summed E-state index contributed by atoms with van der Waals surface area (Å²) in [5, 5.41) is 8.99. The molecule has 0 aliphatic carbocycles. The van der Waals surface area contributed by atoms with Gasteiger partial charge in [-0.1, -0.05) is 6.07 Å². The van der Waals surface area contributed by atoms with E-state index in [-0.39, 0.29) is 6.61 Å². The quantitative estimate of drug-likeness (QED) is 0.850. The molecule has 1 aliphatic heterocycles. The van der Waals surface area contributed by atoms with Gasteiger partial charge in [-0.2, -0.15) is 0 Å². The summed E-state index contributed by atoms with van der Waals surface area (Å²) in [4.78, 5) is 2.15. The summed E-state index contributed by atoms with van der Waals surface area (Å²) in [7, 11) is 0. The zero-order chi connectivity index (χ0) is 11.5. The van der Waals surface area contributed by atoms with Gasteiger partial charge in [0.25, 0.3) is 0 Å². The zero-order valence-electron chi connectivity index (χ0n) is 9.00. The van der Waals surface area contributed by atoms with Crippen LogP contribution < -0.4 is 0 Å². The zero-order valence-corrected chi connectivity index (χ0v) is 9.00. The fraction of sp³-hybridized carbons (Fsp3) is 0.500. The van der Waals surface area contributed by atoms with Gasteiger partial charge in [0.2, 0.25) is 0 Å². The van der Waals surface area contributed by atoms with E-state index in [0.717, 1.165) is 31.1 Å². The van der Waals surface area contributed by atoms with Gasteiger partial charge in [0.15, 0.2) is 11.6 Å². The minimum atomic E-state index is -0.807. The van der Waals surface area contributed by atoms with Crippen LogP contribution >= 0.6 is 0 Å². The van der Waals surface area contributed by atoms with Gasteiger partial charge in [0.05, 0.1) is 0 Å². The first-order chi connectivity index (χ1) is 7.69. The molecule has 1 saturated heterocycles. The Bertz CT molecular complexity index is 370. The lowest BCUT2D eigenvalue weighted by molar-refractivity contribution is 0.220. The molecule has 0 saturated carbocycles. The molecule has 0 aromatic heterocycles. The second-order valence-corrected chi connectivity index (χ2v) is 4.32. The average molecular weight is 227 g/mol. The van der Waals surface area contributed by atoms with E-state index in [2.05, 4.69) is 4.90 Å². The topological polar surface area (TPSA) is 23.5 Å². The lowest BCUT2D eigenvalue weighted by atomic mass is 10.1. The van der Waals surface area contributed by atoms with E-state index in [0.29, 0.717) is 12.5 Å². The summed E-state index contributed by atoms with van der Waals surface area (Å²) >= 11 is 0. The van der Waals surface area contributed by atoms with Crippen LogP contribution in [0.25, 0.3) is 0 Å². The Kier molecular flexibility index (Phi) is 3.51. The Labute approximate surface area is 93.5 Å². The third-order valence-electron chi connectivity index (χ3n) is 3.02. The number of hydrogen-bond acceptors (Lipinski definition) is 2. The number of aliphatic hydroxyl groups is 1. The number of nitrogens with zero attached hydrogens (tertiary/aromatic N) is 1. The van der Waals surface area contributed by atoms with Crippen molar-refractivity contribution in [2.45, 2.75) is 13.0 Å². The molecule has 1 atom stereocenters. The lowest BCUT2D eigenvalue weighted by Crippen LogP contribution is -2.21. The van der Waals surface area contributed by atoms with Crippen molar-refractivity contribution in [2.75, 3.05) is 19.7 Å². The Morgan fingerprint density at radius 2 is 2.12 bits per heavy atom. The van der Waals surface area contributed by atoms with Crippen LogP contribution in [0.15, 0.2) is 18.2 Å². The largest absolute Gasteiger partial charge is 0.396 e. The van der Waals surface area contributed by atoms with E-state index in [1.165, 1.54) is 6.07 Å². The molecule has 1 aliphatic rings. The smallest absolute Gasteiger partial charge is 0.159 e. The van der Waals surface area contributed by atoms with E-state index in [9.17, 15) is 8.78 Å². The molecule has 1 aromatic carbocycles. The molecule has 2 rings (SSSR count). The van der Waals surface area contributed by atoms with Crippen molar-refractivity contribution in [3.8, 4) is 0 Å². The monoisotopic (exact) mass is 227 g/mol. The highest BCUT2D eigenvalue weighted by Gasteiger charge is 2.21. The maximum absolute atomic E-state index is 13.0. The first kappa shape index (κ1) is 11.5. The van der Waals surface area contributed by atoms with Crippen LogP contribution in [0.4, 0.5) is 8.78 Å². The molecule has 0 amide bonds. The predicted molar refractivity (Wildman–Crippen MR) is 56.8 cm³/mol. The van der Waals surface area contributed by atoms with Crippen LogP contribution in [0.1, 0.15) is 12.0 Å². The molecule has 88 valence electrons. The minimum absolute atomic E-state index is 0.203. The molecule has 1 heterocycles. The predicted octanol–water partition coefficient (Wildman–Crippen LogP) is 1.78. The van der Waals surface area contributed by atoms with Crippen molar-refractivity contribution in [3.05, 3.63) is 35.4 Å². The first-order valence-corrected chi connectivity index (χ1v) is 5.46. The van der Waals surface area contributed by atoms with Gasteiger partial charge in [-0.25, -0.2) is 8.78 Å². The summed E-state index contributed by atoms with van der Waals surface area (Å²) in [6, 6.07) is 4.00. The van der Waals surface area contributed by atoms with E-state index in [1.807, 2.05) is 0 Å². The average Bonchev–Trinajstić information content (AvgIpc) is 2.71.